The number of hydrogen-bond acceptors (Lipinski definition) is 2. The Morgan fingerprint density at radius 3 is 2.46 bits per heavy atom. The van der Waals surface area contributed by atoms with Crippen molar-refractivity contribution in [1.82, 2.24) is 0 Å². The third-order valence-electron chi connectivity index (χ3n) is 1.54. The summed E-state index contributed by atoms with van der Waals surface area (Å²) in [4.78, 5) is 0. The van der Waals surface area contributed by atoms with E-state index in [1.165, 1.54) is 0 Å². The fourth-order valence-electron chi connectivity index (χ4n) is 0.938. The van der Waals surface area contributed by atoms with Crippen molar-refractivity contribution < 1.29 is 0 Å². The number of aryl methyl sites for hydroxylation is 1. The Balaban J connectivity index is 0.000000671. The summed E-state index contributed by atoms with van der Waals surface area (Å²) in [6, 6.07) is 9.17. The lowest BCUT2D eigenvalue weighted by Gasteiger charge is -2.02. The average molecular weight is 176 g/mol. The molecule has 2 N–H and O–H groups in total. The van der Waals surface area contributed by atoms with Crippen LogP contribution in [-0.4, -0.2) is 0 Å². The van der Waals surface area contributed by atoms with Crippen molar-refractivity contribution in [3.05, 3.63) is 35.4 Å². The van der Waals surface area contributed by atoms with Crippen molar-refractivity contribution in [2.45, 2.75) is 26.8 Å². The molecular formula is C11H16N2. The molecule has 70 valence electrons. The van der Waals surface area contributed by atoms with Gasteiger partial charge in [0.2, 0.25) is 0 Å². The Morgan fingerprint density at radius 1 is 1.38 bits per heavy atom. The number of hydrogen-bond donors (Lipinski definition) is 1. The van der Waals surface area contributed by atoms with Gasteiger partial charge < -0.3 is 5.73 Å². The Labute approximate surface area is 80.0 Å². The molecule has 13 heavy (non-hydrogen) atoms. The first-order valence-electron chi connectivity index (χ1n) is 4.46. The lowest BCUT2D eigenvalue weighted by atomic mass is 10.1. The van der Waals surface area contributed by atoms with E-state index >= 15 is 0 Å². The minimum absolute atomic E-state index is 0.491. The smallest absolute Gasteiger partial charge is 0.118 e. The molecule has 0 bridgehead atoms. The molecule has 0 aliphatic carbocycles. The minimum Gasteiger partial charge on any atom is -0.312 e. The summed E-state index contributed by atoms with van der Waals surface area (Å²) >= 11 is 0. The highest BCUT2D eigenvalue weighted by Gasteiger charge is 2.01. The Kier molecular flexibility index (Phi) is 5.58. The molecule has 1 rings (SSSR count). The molecule has 0 aliphatic heterocycles. The Hall–Kier alpha value is -1.33. The molecule has 0 amide bonds. The van der Waals surface area contributed by atoms with E-state index in [1.807, 2.05) is 51.1 Å². The first-order chi connectivity index (χ1) is 6.24. The van der Waals surface area contributed by atoms with Gasteiger partial charge in [-0.25, -0.2) is 0 Å². The lowest BCUT2D eigenvalue weighted by molar-refractivity contribution is 0.924. The predicted octanol–water partition coefficient (Wildman–Crippen LogP) is 2.54. The van der Waals surface area contributed by atoms with Gasteiger partial charge in [0.05, 0.1) is 6.07 Å². The van der Waals surface area contributed by atoms with Crippen LogP contribution in [0.1, 0.15) is 31.0 Å². The van der Waals surface area contributed by atoms with Crippen LogP contribution in [0.25, 0.3) is 0 Å². The van der Waals surface area contributed by atoms with E-state index in [2.05, 4.69) is 0 Å². The number of nitrogens with zero attached hydrogens (tertiary/aromatic N) is 1. The maximum absolute atomic E-state index is 8.50. The van der Waals surface area contributed by atoms with Crippen LogP contribution >= 0.6 is 0 Å². The molecule has 2 heteroatoms. The molecule has 1 unspecified atom stereocenters. The largest absolute Gasteiger partial charge is 0.312 e. The van der Waals surface area contributed by atoms with Gasteiger partial charge in [-0.05, 0) is 12.5 Å². The van der Waals surface area contributed by atoms with Crippen LogP contribution in [0.4, 0.5) is 0 Å². The monoisotopic (exact) mass is 176 g/mol. The van der Waals surface area contributed by atoms with Gasteiger partial charge in [-0.3, -0.25) is 0 Å². The zero-order valence-electron chi connectivity index (χ0n) is 8.41. The third-order valence-corrected chi connectivity index (χ3v) is 1.54. The van der Waals surface area contributed by atoms with Crippen molar-refractivity contribution >= 4 is 0 Å². The lowest BCUT2D eigenvalue weighted by Crippen LogP contribution is -2.06. The Morgan fingerprint density at radius 2 is 2.00 bits per heavy atom. The number of nitriles is 1. The summed E-state index contributed by atoms with van der Waals surface area (Å²) in [6.45, 7) is 5.98. The molecule has 1 aromatic rings. The van der Waals surface area contributed by atoms with Crippen LogP contribution in [0.2, 0.25) is 0 Å². The number of nitrogens with two attached hydrogens (primary N) is 1. The second kappa shape index (κ2) is 6.22. The van der Waals surface area contributed by atoms with E-state index in [-0.39, 0.29) is 0 Å². The van der Waals surface area contributed by atoms with Gasteiger partial charge in [0.1, 0.15) is 6.04 Å². The summed E-state index contributed by atoms with van der Waals surface area (Å²) in [5.74, 6) is 0. The zero-order chi connectivity index (χ0) is 10.3. The van der Waals surface area contributed by atoms with Crippen molar-refractivity contribution in [2.24, 2.45) is 5.73 Å². The summed E-state index contributed by atoms with van der Waals surface area (Å²) < 4.78 is 0. The molecule has 0 aliphatic rings. The molecule has 0 heterocycles. The minimum atomic E-state index is -0.491. The van der Waals surface area contributed by atoms with Crippen molar-refractivity contribution in [3.8, 4) is 6.07 Å². The maximum atomic E-state index is 8.50. The van der Waals surface area contributed by atoms with E-state index in [0.717, 1.165) is 11.1 Å². The fourth-order valence-corrected chi connectivity index (χ4v) is 0.938. The summed E-state index contributed by atoms with van der Waals surface area (Å²) in [5.41, 5.74) is 7.52. The van der Waals surface area contributed by atoms with Crippen molar-refractivity contribution in [1.29, 1.82) is 5.26 Å². The van der Waals surface area contributed by atoms with Gasteiger partial charge in [-0.1, -0.05) is 43.7 Å². The SMILES string of the molecule is CC.Cc1cccc(C(N)C#N)c1. The standard InChI is InChI=1S/C9H10N2.C2H6/c1-7-3-2-4-8(5-7)9(11)6-10;1-2/h2-5,9H,11H2,1H3;1-2H3. The second-order valence-electron chi connectivity index (χ2n) is 2.52. The van der Waals surface area contributed by atoms with E-state index < -0.39 is 6.04 Å². The van der Waals surface area contributed by atoms with Crippen molar-refractivity contribution in [3.63, 3.8) is 0 Å². The molecule has 0 spiro atoms. The normalized spacial score (nSPS) is 10.7. The highest BCUT2D eigenvalue weighted by Crippen LogP contribution is 2.10. The highest BCUT2D eigenvalue weighted by molar-refractivity contribution is 5.27. The molecular weight excluding hydrogens is 160 g/mol. The molecule has 2 nitrogen and oxygen atoms in total. The van der Waals surface area contributed by atoms with Gasteiger partial charge in [0, 0.05) is 0 Å². The van der Waals surface area contributed by atoms with Crippen LogP contribution in [-0.2, 0) is 0 Å². The van der Waals surface area contributed by atoms with Crippen LogP contribution in [0.5, 0.6) is 0 Å². The quantitative estimate of drug-likeness (QED) is 0.714. The van der Waals surface area contributed by atoms with Gasteiger partial charge in [-0.2, -0.15) is 5.26 Å². The van der Waals surface area contributed by atoms with Gasteiger partial charge in [0.25, 0.3) is 0 Å². The first-order valence-corrected chi connectivity index (χ1v) is 4.46. The van der Waals surface area contributed by atoms with Crippen LogP contribution < -0.4 is 5.73 Å². The number of rotatable bonds is 1. The molecule has 0 saturated carbocycles. The van der Waals surface area contributed by atoms with Gasteiger partial charge in [0.15, 0.2) is 0 Å². The summed E-state index contributed by atoms with van der Waals surface area (Å²) in [7, 11) is 0. The molecule has 0 aromatic heterocycles. The second-order valence-corrected chi connectivity index (χ2v) is 2.52. The average Bonchev–Trinajstić information content (AvgIpc) is 2.20. The molecule has 0 radical (unpaired) electrons. The summed E-state index contributed by atoms with van der Waals surface area (Å²) in [6.07, 6.45) is 0. The maximum Gasteiger partial charge on any atom is 0.118 e. The van der Waals surface area contributed by atoms with Gasteiger partial charge >= 0.3 is 0 Å². The topological polar surface area (TPSA) is 49.8 Å². The van der Waals surface area contributed by atoms with E-state index in [1.54, 1.807) is 0 Å². The highest BCUT2D eigenvalue weighted by atomic mass is 14.6. The van der Waals surface area contributed by atoms with E-state index in [0.29, 0.717) is 0 Å². The van der Waals surface area contributed by atoms with Gasteiger partial charge in [-0.15, -0.1) is 0 Å². The summed E-state index contributed by atoms with van der Waals surface area (Å²) in [5, 5.41) is 8.50. The molecule has 1 atom stereocenters. The fraction of sp³-hybridized carbons (Fsp3) is 0.364. The van der Waals surface area contributed by atoms with Crippen LogP contribution in [0.15, 0.2) is 24.3 Å². The first kappa shape index (κ1) is 11.7. The molecule has 0 saturated heterocycles. The predicted molar refractivity (Wildman–Crippen MR) is 55.1 cm³/mol. The van der Waals surface area contributed by atoms with E-state index in [9.17, 15) is 0 Å². The van der Waals surface area contributed by atoms with Crippen LogP contribution in [0.3, 0.4) is 0 Å². The molecule has 1 aromatic carbocycles. The Bertz CT molecular complexity index is 286. The number of benzene rings is 1. The zero-order valence-corrected chi connectivity index (χ0v) is 8.41. The molecule has 0 fully saturated rings. The third kappa shape index (κ3) is 3.73. The van der Waals surface area contributed by atoms with Crippen molar-refractivity contribution in [2.75, 3.05) is 0 Å². The van der Waals surface area contributed by atoms with E-state index in [4.69, 9.17) is 11.0 Å². The van der Waals surface area contributed by atoms with Crippen LogP contribution in [0, 0.1) is 18.3 Å².